The summed E-state index contributed by atoms with van der Waals surface area (Å²) in [4.78, 5) is 0. The highest BCUT2D eigenvalue weighted by molar-refractivity contribution is 9.10. The van der Waals surface area contributed by atoms with Crippen molar-refractivity contribution < 1.29 is 9.84 Å². The van der Waals surface area contributed by atoms with Crippen LogP contribution in [0.5, 0.6) is 5.75 Å². The van der Waals surface area contributed by atoms with Crippen molar-refractivity contribution in [1.29, 1.82) is 0 Å². The molecule has 0 radical (unpaired) electrons. The van der Waals surface area contributed by atoms with Gasteiger partial charge in [0.25, 0.3) is 0 Å². The zero-order valence-electron chi connectivity index (χ0n) is 10.1. The summed E-state index contributed by atoms with van der Waals surface area (Å²) >= 11 is 3.48. The van der Waals surface area contributed by atoms with E-state index < -0.39 is 6.10 Å². The van der Waals surface area contributed by atoms with Crippen LogP contribution in [0, 0.1) is 0 Å². The second-order valence-electron chi connectivity index (χ2n) is 3.93. The summed E-state index contributed by atoms with van der Waals surface area (Å²) in [6.45, 7) is 2.58. The van der Waals surface area contributed by atoms with Crippen LogP contribution in [-0.2, 0) is 0 Å². The third kappa shape index (κ3) is 2.92. The number of hydrogen-bond acceptors (Lipinski definition) is 2. The van der Waals surface area contributed by atoms with E-state index in [0.29, 0.717) is 6.61 Å². The Morgan fingerprint density at radius 1 is 1.17 bits per heavy atom. The molecule has 2 nitrogen and oxygen atoms in total. The highest BCUT2D eigenvalue weighted by Crippen LogP contribution is 2.31. The van der Waals surface area contributed by atoms with Gasteiger partial charge in [-0.15, -0.1) is 0 Å². The Hall–Kier alpha value is -1.32. The minimum Gasteiger partial charge on any atom is -0.494 e. The van der Waals surface area contributed by atoms with Gasteiger partial charge in [0, 0.05) is 4.47 Å². The van der Waals surface area contributed by atoms with E-state index in [9.17, 15) is 5.11 Å². The fourth-order valence-electron chi connectivity index (χ4n) is 1.80. The summed E-state index contributed by atoms with van der Waals surface area (Å²) in [5.74, 6) is 0.799. The topological polar surface area (TPSA) is 29.5 Å². The zero-order valence-corrected chi connectivity index (χ0v) is 11.7. The van der Waals surface area contributed by atoms with Crippen molar-refractivity contribution in [3.8, 4) is 5.75 Å². The van der Waals surface area contributed by atoms with Gasteiger partial charge >= 0.3 is 0 Å². The summed E-state index contributed by atoms with van der Waals surface area (Å²) in [6.07, 6.45) is -0.628. The third-order valence-corrected chi connectivity index (χ3v) is 3.38. The molecule has 94 valence electrons. The Kier molecular flexibility index (Phi) is 4.39. The number of hydrogen-bond donors (Lipinski definition) is 1. The van der Waals surface area contributed by atoms with Crippen LogP contribution in [-0.4, -0.2) is 11.7 Å². The van der Waals surface area contributed by atoms with E-state index in [1.807, 2.05) is 55.5 Å². The number of rotatable bonds is 4. The van der Waals surface area contributed by atoms with E-state index in [-0.39, 0.29) is 0 Å². The highest BCUT2D eigenvalue weighted by atomic mass is 79.9. The van der Waals surface area contributed by atoms with E-state index in [1.165, 1.54) is 0 Å². The largest absolute Gasteiger partial charge is 0.494 e. The Morgan fingerprint density at radius 2 is 1.89 bits per heavy atom. The molecule has 0 aliphatic carbocycles. The molecular formula is C15H15BrO2. The lowest BCUT2D eigenvalue weighted by atomic mass is 10.0. The van der Waals surface area contributed by atoms with Crippen molar-refractivity contribution in [1.82, 2.24) is 0 Å². The molecule has 0 saturated carbocycles. The van der Waals surface area contributed by atoms with Crippen LogP contribution < -0.4 is 4.74 Å². The molecule has 2 aromatic carbocycles. The average Bonchev–Trinajstić information content (AvgIpc) is 2.40. The minimum atomic E-state index is -0.628. The van der Waals surface area contributed by atoms with Crippen molar-refractivity contribution >= 4 is 15.9 Å². The zero-order chi connectivity index (χ0) is 13.0. The number of aliphatic hydroxyl groups excluding tert-OH is 1. The second kappa shape index (κ2) is 6.03. The first kappa shape index (κ1) is 13.1. The molecule has 0 aromatic heterocycles. The van der Waals surface area contributed by atoms with Crippen LogP contribution in [0.2, 0.25) is 0 Å². The van der Waals surface area contributed by atoms with E-state index in [0.717, 1.165) is 21.3 Å². The van der Waals surface area contributed by atoms with Gasteiger partial charge in [-0.2, -0.15) is 0 Å². The van der Waals surface area contributed by atoms with Crippen molar-refractivity contribution in [2.24, 2.45) is 0 Å². The van der Waals surface area contributed by atoms with Gasteiger partial charge in [-0.3, -0.25) is 0 Å². The molecule has 2 rings (SSSR count). The first-order valence-corrected chi connectivity index (χ1v) is 6.67. The molecule has 1 unspecified atom stereocenters. The van der Waals surface area contributed by atoms with Gasteiger partial charge in [-0.25, -0.2) is 0 Å². The molecule has 2 aromatic rings. The summed E-state index contributed by atoms with van der Waals surface area (Å²) in [6, 6.07) is 15.2. The van der Waals surface area contributed by atoms with Crippen LogP contribution in [0.15, 0.2) is 53.0 Å². The number of benzene rings is 2. The smallest absolute Gasteiger partial charge is 0.120 e. The maximum Gasteiger partial charge on any atom is 0.120 e. The fourth-order valence-corrected chi connectivity index (χ4v) is 2.38. The molecule has 18 heavy (non-hydrogen) atoms. The second-order valence-corrected chi connectivity index (χ2v) is 4.78. The first-order chi connectivity index (χ1) is 8.72. The fraction of sp³-hybridized carbons (Fsp3) is 0.200. The predicted molar refractivity (Wildman–Crippen MR) is 75.8 cm³/mol. The van der Waals surface area contributed by atoms with Crippen LogP contribution in [0.1, 0.15) is 24.2 Å². The van der Waals surface area contributed by atoms with E-state index in [4.69, 9.17) is 4.74 Å². The van der Waals surface area contributed by atoms with Gasteiger partial charge in [-0.05, 0) is 30.2 Å². The Labute approximate surface area is 115 Å². The monoisotopic (exact) mass is 306 g/mol. The van der Waals surface area contributed by atoms with Crippen LogP contribution in [0.3, 0.4) is 0 Å². The molecule has 0 aliphatic heterocycles. The standard InChI is InChI=1S/C15H15BrO2/c1-2-18-12-8-9-13(14(16)10-12)15(17)11-6-4-3-5-7-11/h3-10,15,17H,2H2,1H3. The van der Waals surface area contributed by atoms with E-state index >= 15 is 0 Å². The highest BCUT2D eigenvalue weighted by Gasteiger charge is 2.13. The molecule has 1 N–H and O–H groups in total. The summed E-state index contributed by atoms with van der Waals surface area (Å²) in [5.41, 5.74) is 1.71. The van der Waals surface area contributed by atoms with E-state index in [1.54, 1.807) is 0 Å². The molecular weight excluding hydrogens is 292 g/mol. The van der Waals surface area contributed by atoms with Crippen LogP contribution in [0.25, 0.3) is 0 Å². The van der Waals surface area contributed by atoms with Crippen molar-refractivity contribution in [3.63, 3.8) is 0 Å². The predicted octanol–water partition coefficient (Wildman–Crippen LogP) is 3.93. The number of ether oxygens (including phenoxy) is 1. The summed E-state index contributed by atoms with van der Waals surface area (Å²) in [5, 5.41) is 10.3. The maximum atomic E-state index is 10.3. The quantitative estimate of drug-likeness (QED) is 0.927. The van der Waals surface area contributed by atoms with E-state index in [2.05, 4.69) is 15.9 Å². The third-order valence-electron chi connectivity index (χ3n) is 2.69. The minimum absolute atomic E-state index is 0.628. The summed E-state index contributed by atoms with van der Waals surface area (Å²) < 4.78 is 6.27. The lowest BCUT2D eigenvalue weighted by Gasteiger charge is -2.14. The maximum absolute atomic E-state index is 10.3. The Balaban J connectivity index is 2.28. The Morgan fingerprint density at radius 3 is 2.50 bits per heavy atom. The van der Waals surface area contributed by atoms with Gasteiger partial charge in [0.1, 0.15) is 11.9 Å². The molecule has 0 saturated heterocycles. The lowest BCUT2D eigenvalue weighted by Crippen LogP contribution is -2.01. The molecule has 0 bridgehead atoms. The first-order valence-electron chi connectivity index (χ1n) is 5.87. The molecule has 0 heterocycles. The van der Waals surface area contributed by atoms with Crippen LogP contribution >= 0.6 is 15.9 Å². The molecule has 0 fully saturated rings. The van der Waals surface area contributed by atoms with Gasteiger partial charge in [0.05, 0.1) is 6.61 Å². The summed E-state index contributed by atoms with van der Waals surface area (Å²) in [7, 11) is 0. The molecule has 0 aliphatic rings. The normalized spacial score (nSPS) is 12.2. The lowest BCUT2D eigenvalue weighted by molar-refractivity contribution is 0.219. The van der Waals surface area contributed by atoms with Gasteiger partial charge in [0.15, 0.2) is 0 Å². The SMILES string of the molecule is CCOc1ccc(C(O)c2ccccc2)c(Br)c1. The van der Waals surface area contributed by atoms with Gasteiger partial charge in [0.2, 0.25) is 0 Å². The van der Waals surface area contributed by atoms with Crippen molar-refractivity contribution in [2.75, 3.05) is 6.61 Å². The molecule has 0 spiro atoms. The number of halogens is 1. The average molecular weight is 307 g/mol. The molecule has 3 heteroatoms. The van der Waals surface area contributed by atoms with Crippen molar-refractivity contribution in [3.05, 3.63) is 64.1 Å². The van der Waals surface area contributed by atoms with Crippen LogP contribution in [0.4, 0.5) is 0 Å². The van der Waals surface area contributed by atoms with Gasteiger partial charge < -0.3 is 9.84 Å². The number of aliphatic hydroxyl groups is 1. The van der Waals surface area contributed by atoms with Gasteiger partial charge in [-0.1, -0.05) is 52.3 Å². The Bertz CT molecular complexity index is 511. The van der Waals surface area contributed by atoms with Crippen molar-refractivity contribution in [2.45, 2.75) is 13.0 Å². The molecule has 1 atom stereocenters. The molecule has 0 amide bonds.